The molecule has 0 radical (unpaired) electrons. The van der Waals surface area contributed by atoms with Gasteiger partial charge in [-0.1, -0.05) is 13.3 Å². The molecule has 0 bridgehead atoms. The number of aryl methyl sites for hydroxylation is 1. The monoisotopic (exact) mass is 288 g/mol. The number of H-pyrrole nitrogens is 1. The van der Waals surface area contributed by atoms with Crippen LogP contribution in [0.4, 0.5) is 0 Å². The first kappa shape index (κ1) is 12.9. The van der Waals surface area contributed by atoms with Crippen molar-refractivity contribution in [2.75, 3.05) is 7.11 Å². The maximum atomic E-state index is 11.6. The molecule has 16 heavy (non-hydrogen) atoms. The SMILES string of the molecule is CCCc1[nH]c(=O)c(C(=O)NOC)cc1Br. The lowest BCUT2D eigenvalue weighted by atomic mass is 10.2. The number of amides is 1. The van der Waals surface area contributed by atoms with Crippen LogP contribution in [0.3, 0.4) is 0 Å². The van der Waals surface area contributed by atoms with Crippen molar-refractivity contribution in [2.24, 2.45) is 0 Å². The van der Waals surface area contributed by atoms with Gasteiger partial charge in [-0.3, -0.25) is 14.4 Å². The fourth-order valence-corrected chi connectivity index (χ4v) is 1.82. The Hall–Kier alpha value is -1.14. The number of hydroxylamine groups is 1. The normalized spacial score (nSPS) is 10.2. The van der Waals surface area contributed by atoms with E-state index >= 15 is 0 Å². The first-order valence-electron chi connectivity index (χ1n) is 4.85. The van der Waals surface area contributed by atoms with Gasteiger partial charge in [0.15, 0.2) is 0 Å². The lowest BCUT2D eigenvalue weighted by molar-refractivity contribution is 0.0536. The third kappa shape index (κ3) is 2.93. The van der Waals surface area contributed by atoms with Crippen molar-refractivity contribution in [1.82, 2.24) is 10.5 Å². The Morgan fingerprint density at radius 3 is 2.88 bits per heavy atom. The molecule has 0 aliphatic rings. The van der Waals surface area contributed by atoms with Crippen LogP contribution in [-0.4, -0.2) is 18.0 Å². The fourth-order valence-electron chi connectivity index (χ4n) is 1.29. The molecule has 1 amide bonds. The van der Waals surface area contributed by atoms with E-state index in [-0.39, 0.29) is 5.56 Å². The van der Waals surface area contributed by atoms with Crippen molar-refractivity contribution >= 4 is 21.8 Å². The number of hydrogen-bond acceptors (Lipinski definition) is 3. The second-order valence-electron chi connectivity index (χ2n) is 3.22. The van der Waals surface area contributed by atoms with Crippen LogP contribution >= 0.6 is 15.9 Å². The van der Waals surface area contributed by atoms with E-state index in [4.69, 9.17) is 0 Å². The number of pyridine rings is 1. The molecular formula is C10H13BrN2O3. The van der Waals surface area contributed by atoms with E-state index < -0.39 is 11.5 Å². The predicted molar refractivity (Wildman–Crippen MR) is 63.2 cm³/mol. The average molecular weight is 289 g/mol. The molecule has 0 spiro atoms. The fraction of sp³-hybridized carbons (Fsp3) is 0.400. The zero-order valence-corrected chi connectivity index (χ0v) is 10.7. The molecule has 0 aromatic carbocycles. The summed E-state index contributed by atoms with van der Waals surface area (Å²) >= 11 is 3.31. The maximum absolute atomic E-state index is 11.6. The highest BCUT2D eigenvalue weighted by atomic mass is 79.9. The zero-order chi connectivity index (χ0) is 12.1. The number of hydrogen-bond donors (Lipinski definition) is 2. The summed E-state index contributed by atoms with van der Waals surface area (Å²) in [6.45, 7) is 2.01. The lowest BCUT2D eigenvalue weighted by Gasteiger charge is -2.05. The van der Waals surface area contributed by atoms with E-state index in [0.717, 1.165) is 23.0 Å². The predicted octanol–water partition coefficient (Wildman–Crippen LogP) is 1.38. The van der Waals surface area contributed by atoms with E-state index in [0.29, 0.717) is 0 Å². The van der Waals surface area contributed by atoms with Crippen LogP contribution in [0.25, 0.3) is 0 Å². The number of halogens is 1. The largest absolute Gasteiger partial charge is 0.324 e. The van der Waals surface area contributed by atoms with E-state index in [1.807, 2.05) is 6.92 Å². The second-order valence-corrected chi connectivity index (χ2v) is 4.08. The van der Waals surface area contributed by atoms with Crippen LogP contribution in [0.2, 0.25) is 0 Å². The molecule has 0 fully saturated rings. The number of nitrogens with one attached hydrogen (secondary N) is 2. The third-order valence-corrected chi connectivity index (χ3v) is 2.72. The van der Waals surface area contributed by atoms with Gasteiger partial charge < -0.3 is 4.98 Å². The summed E-state index contributed by atoms with van der Waals surface area (Å²) in [4.78, 5) is 30.1. The summed E-state index contributed by atoms with van der Waals surface area (Å²) in [6, 6.07) is 1.50. The van der Waals surface area contributed by atoms with Crippen LogP contribution in [0.1, 0.15) is 29.4 Å². The summed E-state index contributed by atoms with van der Waals surface area (Å²) < 4.78 is 0.718. The van der Waals surface area contributed by atoms with Gasteiger partial charge in [0.1, 0.15) is 5.56 Å². The Morgan fingerprint density at radius 2 is 2.31 bits per heavy atom. The molecule has 0 aliphatic heterocycles. The molecule has 2 N–H and O–H groups in total. The molecule has 1 aromatic heterocycles. The highest BCUT2D eigenvalue weighted by molar-refractivity contribution is 9.10. The van der Waals surface area contributed by atoms with E-state index in [2.05, 4.69) is 31.2 Å². The summed E-state index contributed by atoms with van der Waals surface area (Å²) in [7, 11) is 1.31. The van der Waals surface area contributed by atoms with Crippen molar-refractivity contribution in [3.8, 4) is 0 Å². The van der Waals surface area contributed by atoms with E-state index in [1.54, 1.807) is 0 Å². The third-order valence-electron chi connectivity index (χ3n) is 2.01. The quantitative estimate of drug-likeness (QED) is 0.823. The standard InChI is InChI=1S/C10H13BrN2O3/c1-3-4-8-7(11)5-6(9(14)12-8)10(15)13-16-2/h5H,3-4H2,1-2H3,(H,12,14)(H,13,15). The molecule has 0 saturated heterocycles. The van der Waals surface area contributed by atoms with Gasteiger partial charge in [0, 0.05) is 10.2 Å². The van der Waals surface area contributed by atoms with Gasteiger partial charge in [0.2, 0.25) is 0 Å². The first-order chi connectivity index (χ1) is 7.60. The number of rotatable bonds is 4. The molecule has 0 saturated carbocycles. The summed E-state index contributed by atoms with van der Waals surface area (Å²) in [6.07, 6.45) is 1.67. The van der Waals surface area contributed by atoms with Crippen molar-refractivity contribution < 1.29 is 9.63 Å². The van der Waals surface area contributed by atoms with Gasteiger partial charge in [-0.05, 0) is 28.4 Å². The van der Waals surface area contributed by atoms with Crippen LogP contribution in [0.15, 0.2) is 15.3 Å². The van der Waals surface area contributed by atoms with Crippen molar-refractivity contribution in [1.29, 1.82) is 0 Å². The van der Waals surface area contributed by atoms with Crippen molar-refractivity contribution in [3.05, 3.63) is 32.2 Å². The minimum absolute atomic E-state index is 0.0218. The van der Waals surface area contributed by atoms with Gasteiger partial charge in [0.25, 0.3) is 11.5 Å². The van der Waals surface area contributed by atoms with Crippen molar-refractivity contribution in [3.63, 3.8) is 0 Å². The molecule has 0 aliphatic carbocycles. The number of aromatic amines is 1. The second kappa shape index (κ2) is 5.81. The van der Waals surface area contributed by atoms with Gasteiger partial charge in [-0.25, -0.2) is 5.48 Å². The molecule has 1 rings (SSSR count). The van der Waals surface area contributed by atoms with Gasteiger partial charge in [-0.15, -0.1) is 0 Å². The molecular weight excluding hydrogens is 276 g/mol. The van der Waals surface area contributed by atoms with Crippen LogP contribution in [-0.2, 0) is 11.3 Å². The highest BCUT2D eigenvalue weighted by Gasteiger charge is 2.13. The minimum Gasteiger partial charge on any atom is -0.324 e. The van der Waals surface area contributed by atoms with Crippen LogP contribution in [0, 0.1) is 0 Å². The lowest BCUT2D eigenvalue weighted by Crippen LogP contribution is -2.29. The van der Waals surface area contributed by atoms with Crippen molar-refractivity contribution in [2.45, 2.75) is 19.8 Å². The minimum atomic E-state index is -0.563. The number of aromatic nitrogens is 1. The molecule has 0 atom stereocenters. The maximum Gasteiger partial charge on any atom is 0.280 e. The Kier molecular flexibility index (Phi) is 4.70. The Bertz CT molecular complexity index is 442. The Balaban J connectivity index is 3.10. The average Bonchev–Trinajstić information content (AvgIpc) is 2.23. The summed E-state index contributed by atoms with van der Waals surface area (Å²) in [5.41, 5.74) is 2.50. The molecule has 6 heteroatoms. The highest BCUT2D eigenvalue weighted by Crippen LogP contribution is 2.15. The Labute approximate surface area is 101 Å². The molecule has 5 nitrogen and oxygen atoms in total. The van der Waals surface area contributed by atoms with Gasteiger partial charge in [-0.2, -0.15) is 0 Å². The van der Waals surface area contributed by atoms with Gasteiger partial charge >= 0.3 is 0 Å². The molecule has 1 aromatic rings. The number of carbonyl (C=O) groups excluding carboxylic acids is 1. The zero-order valence-electron chi connectivity index (χ0n) is 9.09. The van der Waals surface area contributed by atoms with E-state index in [1.165, 1.54) is 13.2 Å². The Morgan fingerprint density at radius 1 is 1.62 bits per heavy atom. The topological polar surface area (TPSA) is 71.2 Å². The molecule has 0 unspecified atom stereocenters. The van der Waals surface area contributed by atoms with E-state index in [9.17, 15) is 9.59 Å². The molecule has 88 valence electrons. The van der Waals surface area contributed by atoms with Gasteiger partial charge in [0.05, 0.1) is 7.11 Å². The first-order valence-corrected chi connectivity index (χ1v) is 5.64. The summed E-state index contributed by atoms with van der Waals surface area (Å²) in [5.74, 6) is -0.563. The van der Waals surface area contributed by atoms with Crippen LogP contribution in [0.5, 0.6) is 0 Å². The van der Waals surface area contributed by atoms with Crippen LogP contribution < -0.4 is 11.0 Å². The summed E-state index contributed by atoms with van der Waals surface area (Å²) in [5, 5.41) is 0. The smallest absolute Gasteiger partial charge is 0.280 e. The number of carbonyl (C=O) groups is 1. The molecule has 1 heterocycles.